The number of nitrogens with two attached hydrogens (primary N) is 1. The highest BCUT2D eigenvalue weighted by Gasteiger charge is 2.21. The Balaban J connectivity index is 3.09. The number of sulfonamides is 1. The van der Waals surface area contributed by atoms with Crippen LogP contribution in [0.1, 0.15) is 6.92 Å². The van der Waals surface area contributed by atoms with Gasteiger partial charge in [0.1, 0.15) is 10.7 Å². The molecule has 0 spiro atoms. The van der Waals surface area contributed by atoms with Crippen LogP contribution in [0.5, 0.6) is 0 Å². The van der Waals surface area contributed by atoms with Gasteiger partial charge in [0.2, 0.25) is 10.0 Å². The fourth-order valence-corrected chi connectivity index (χ4v) is 3.84. The lowest BCUT2D eigenvalue weighted by Crippen LogP contribution is -2.34. The molecule has 0 amide bonds. The number of anilines is 1. The van der Waals surface area contributed by atoms with E-state index in [1.54, 1.807) is 6.92 Å². The molecule has 0 aliphatic heterocycles. The SMILES string of the molecule is CSCC(C)NS(=O)(=O)c1cc(N)c(F)cc1Cl. The van der Waals surface area contributed by atoms with E-state index >= 15 is 0 Å². The second-order valence-corrected chi connectivity index (χ2v) is 6.78. The molecule has 4 nitrogen and oxygen atoms in total. The van der Waals surface area contributed by atoms with Crippen molar-refractivity contribution in [2.75, 3.05) is 17.7 Å². The molecular weight excluding hydrogens is 299 g/mol. The predicted octanol–water partition coefficient (Wildman–Crippen LogP) is 2.09. The fraction of sp³-hybridized carbons (Fsp3) is 0.400. The molecule has 0 aromatic heterocycles. The summed E-state index contributed by atoms with van der Waals surface area (Å²) in [5, 5.41) is -0.189. The second kappa shape index (κ2) is 6.10. The van der Waals surface area contributed by atoms with Crippen molar-refractivity contribution in [3.63, 3.8) is 0 Å². The number of nitrogen functional groups attached to an aromatic ring is 1. The molecular formula is C10H14ClFN2O2S2. The van der Waals surface area contributed by atoms with Gasteiger partial charge >= 0.3 is 0 Å². The van der Waals surface area contributed by atoms with Gasteiger partial charge in [0, 0.05) is 11.8 Å². The van der Waals surface area contributed by atoms with Gasteiger partial charge in [0.15, 0.2) is 0 Å². The van der Waals surface area contributed by atoms with Crippen molar-refractivity contribution in [1.29, 1.82) is 0 Å². The average Bonchev–Trinajstić information content (AvgIpc) is 2.22. The Kier molecular flexibility index (Phi) is 5.27. The molecule has 18 heavy (non-hydrogen) atoms. The van der Waals surface area contributed by atoms with Crippen LogP contribution in [0.4, 0.5) is 10.1 Å². The number of hydrogen-bond donors (Lipinski definition) is 2. The number of halogens is 2. The van der Waals surface area contributed by atoms with Crippen LogP contribution in [-0.4, -0.2) is 26.5 Å². The van der Waals surface area contributed by atoms with Crippen LogP contribution in [0.15, 0.2) is 17.0 Å². The Morgan fingerprint density at radius 2 is 2.17 bits per heavy atom. The summed E-state index contributed by atoms with van der Waals surface area (Å²) in [6.07, 6.45) is 1.87. The van der Waals surface area contributed by atoms with Crippen LogP contribution in [0.3, 0.4) is 0 Å². The minimum absolute atomic E-state index is 0.189. The third-order valence-corrected chi connectivity index (χ3v) is 5.00. The molecule has 0 saturated heterocycles. The van der Waals surface area contributed by atoms with Gasteiger partial charge < -0.3 is 5.73 Å². The van der Waals surface area contributed by atoms with Crippen LogP contribution in [-0.2, 0) is 10.0 Å². The minimum atomic E-state index is -3.79. The zero-order valence-corrected chi connectivity index (χ0v) is 12.3. The first-order valence-corrected chi connectivity index (χ1v) is 8.29. The summed E-state index contributed by atoms with van der Waals surface area (Å²) in [4.78, 5) is -0.212. The van der Waals surface area contributed by atoms with Gasteiger partial charge in [-0.1, -0.05) is 11.6 Å². The van der Waals surface area contributed by atoms with Gasteiger partial charge in [-0.3, -0.25) is 0 Å². The largest absolute Gasteiger partial charge is 0.396 e. The Bertz CT molecular complexity index is 537. The zero-order valence-electron chi connectivity index (χ0n) is 9.91. The molecule has 102 valence electrons. The highest BCUT2D eigenvalue weighted by atomic mass is 35.5. The first kappa shape index (κ1) is 15.6. The number of hydrogen-bond acceptors (Lipinski definition) is 4. The van der Waals surface area contributed by atoms with Crippen molar-refractivity contribution in [3.05, 3.63) is 23.0 Å². The summed E-state index contributed by atoms with van der Waals surface area (Å²) >= 11 is 7.24. The monoisotopic (exact) mass is 312 g/mol. The van der Waals surface area contributed by atoms with Crippen molar-refractivity contribution >= 4 is 39.1 Å². The summed E-state index contributed by atoms with van der Waals surface area (Å²) in [6, 6.07) is 1.66. The molecule has 0 fully saturated rings. The van der Waals surface area contributed by atoms with Gasteiger partial charge in [0.05, 0.1) is 10.7 Å². The molecule has 1 rings (SSSR count). The molecule has 0 aliphatic rings. The topological polar surface area (TPSA) is 72.2 Å². The van der Waals surface area contributed by atoms with Gasteiger partial charge in [-0.25, -0.2) is 17.5 Å². The van der Waals surface area contributed by atoms with Crippen LogP contribution in [0, 0.1) is 5.82 Å². The van der Waals surface area contributed by atoms with E-state index in [0.29, 0.717) is 5.75 Å². The van der Waals surface area contributed by atoms with E-state index in [0.717, 1.165) is 12.1 Å². The van der Waals surface area contributed by atoms with Crippen LogP contribution in [0.2, 0.25) is 5.02 Å². The van der Waals surface area contributed by atoms with E-state index in [-0.39, 0.29) is 21.6 Å². The van der Waals surface area contributed by atoms with Crippen LogP contribution < -0.4 is 10.5 Å². The first-order chi connectivity index (χ1) is 8.27. The summed E-state index contributed by atoms with van der Waals surface area (Å²) in [7, 11) is -3.79. The summed E-state index contributed by atoms with van der Waals surface area (Å²) < 4.78 is 39.6. The maximum Gasteiger partial charge on any atom is 0.242 e. The predicted molar refractivity (Wildman–Crippen MR) is 74.0 cm³/mol. The van der Waals surface area contributed by atoms with Crippen molar-refractivity contribution in [2.24, 2.45) is 0 Å². The normalized spacial score (nSPS) is 13.6. The lowest BCUT2D eigenvalue weighted by atomic mass is 10.3. The highest BCUT2D eigenvalue weighted by Crippen LogP contribution is 2.26. The average molecular weight is 313 g/mol. The Labute approximate surface area is 115 Å². The highest BCUT2D eigenvalue weighted by molar-refractivity contribution is 7.98. The standard InChI is InChI=1S/C10H14ClFN2O2S2/c1-6(5-17-2)14-18(15,16)10-4-9(13)8(12)3-7(10)11/h3-4,6,14H,5,13H2,1-2H3. The minimum Gasteiger partial charge on any atom is -0.396 e. The van der Waals surface area contributed by atoms with E-state index < -0.39 is 15.8 Å². The lowest BCUT2D eigenvalue weighted by molar-refractivity contribution is 0.570. The van der Waals surface area contributed by atoms with Crippen molar-refractivity contribution in [1.82, 2.24) is 4.72 Å². The van der Waals surface area contributed by atoms with Gasteiger partial charge in [-0.2, -0.15) is 11.8 Å². The molecule has 0 radical (unpaired) electrons. The summed E-state index contributed by atoms with van der Waals surface area (Å²) in [5.74, 6) is -0.121. The number of nitrogens with one attached hydrogen (secondary N) is 1. The Morgan fingerprint density at radius 3 is 2.72 bits per heavy atom. The molecule has 0 heterocycles. The molecule has 1 aromatic carbocycles. The number of benzene rings is 1. The fourth-order valence-electron chi connectivity index (χ4n) is 1.36. The van der Waals surface area contributed by atoms with E-state index in [1.807, 2.05) is 6.26 Å². The molecule has 1 atom stereocenters. The molecule has 0 bridgehead atoms. The number of rotatable bonds is 5. The molecule has 3 N–H and O–H groups in total. The summed E-state index contributed by atoms with van der Waals surface area (Å²) in [6.45, 7) is 1.73. The first-order valence-electron chi connectivity index (χ1n) is 5.03. The van der Waals surface area contributed by atoms with Gasteiger partial charge in [-0.15, -0.1) is 0 Å². The van der Waals surface area contributed by atoms with E-state index in [2.05, 4.69) is 4.72 Å². The van der Waals surface area contributed by atoms with Gasteiger partial charge in [0.25, 0.3) is 0 Å². The van der Waals surface area contributed by atoms with Crippen LogP contribution >= 0.6 is 23.4 Å². The Hall–Kier alpha value is -0.500. The maximum atomic E-state index is 13.1. The summed E-state index contributed by atoms with van der Waals surface area (Å²) in [5.41, 5.74) is 5.09. The van der Waals surface area contributed by atoms with Crippen molar-refractivity contribution in [3.8, 4) is 0 Å². The Morgan fingerprint density at radius 1 is 1.56 bits per heavy atom. The van der Waals surface area contributed by atoms with Crippen molar-refractivity contribution in [2.45, 2.75) is 17.9 Å². The number of thioether (sulfide) groups is 1. The third kappa shape index (κ3) is 3.74. The molecule has 1 unspecified atom stereocenters. The van der Waals surface area contributed by atoms with E-state index in [9.17, 15) is 12.8 Å². The van der Waals surface area contributed by atoms with Crippen LogP contribution in [0.25, 0.3) is 0 Å². The van der Waals surface area contributed by atoms with E-state index in [4.69, 9.17) is 17.3 Å². The maximum absolute atomic E-state index is 13.1. The van der Waals surface area contributed by atoms with E-state index in [1.165, 1.54) is 11.8 Å². The quantitative estimate of drug-likeness (QED) is 0.817. The smallest absolute Gasteiger partial charge is 0.242 e. The molecule has 1 aromatic rings. The third-order valence-electron chi connectivity index (χ3n) is 2.11. The zero-order chi connectivity index (χ0) is 13.9. The lowest BCUT2D eigenvalue weighted by Gasteiger charge is -2.14. The molecule has 8 heteroatoms. The molecule has 0 aliphatic carbocycles. The molecule has 0 saturated carbocycles. The van der Waals surface area contributed by atoms with Gasteiger partial charge in [-0.05, 0) is 25.3 Å². The van der Waals surface area contributed by atoms with Crippen molar-refractivity contribution < 1.29 is 12.8 Å². The second-order valence-electron chi connectivity index (χ2n) is 3.78.